The third kappa shape index (κ3) is 4.38. The molecule has 0 fully saturated rings. The van der Waals surface area contributed by atoms with Gasteiger partial charge in [-0.05, 0) is 33.8 Å². The Bertz CT molecular complexity index is 1090. The van der Waals surface area contributed by atoms with Gasteiger partial charge in [0.05, 0.1) is 37.0 Å². The fraction of sp³-hybridized carbons (Fsp3) is 0.333. The Labute approximate surface area is 180 Å². The van der Waals surface area contributed by atoms with Crippen LogP contribution in [0.15, 0.2) is 18.2 Å². The van der Waals surface area contributed by atoms with Crippen molar-refractivity contribution in [1.82, 2.24) is 19.7 Å². The molecule has 0 saturated carbocycles. The van der Waals surface area contributed by atoms with Crippen LogP contribution < -0.4 is 14.8 Å². The van der Waals surface area contributed by atoms with E-state index in [0.29, 0.717) is 28.2 Å². The van der Waals surface area contributed by atoms with Crippen LogP contribution in [0.4, 0.5) is 5.69 Å². The van der Waals surface area contributed by atoms with Gasteiger partial charge in [0.15, 0.2) is 0 Å². The van der Waals surface area contributed by atoms with Crippen LogP contribution in [0.1, 0.15) is 28.3 Å². The van der Waals surface area contributed by atoms with Crippen LogP contribution in [-0.2, 0) is 11.2 Å². The number of carbonyl (C=O) groups excluding carboxylic acids is 1. The zero-order valence-electron chi connectivity index (χ0n) is 17.8. The molecule has 0 radical (unpaired) electrons. The molecule has 2 aromatic heterocycles. The predicted molar refractivity (Wildman–Crippen MR) is 115 cm³/mol. The van der Waals surface area contributed by atoms with E-state index in [4.69, 9.17) is 21.1 Å². The Morgan fingerprint density at radius 2 is 1.67 bits per heavy atom. The first-order valence-electron chi connectivity index (χ1n) is 9.32. The van der Waals surface area contributed by atoms with E-state index in [1.54, 1.807) is 16.8 Å². The highest BCUT2D eigenvalue weighted by Gasteiger charge is 2.19. The number of aryl methyl sites for hydroxylation is 3. The van der Waals surface area contributed by atoms with Crippen LogP contribution in [0.5, 0.6) is 11.5 Å². The van der Waals surface area contributed by atoms with Crippen molar-refractivity contribution in [3.05, 3.63) is 51.6 Å². The van der Waals surface area contributed by atoms with Crippen molar-refractivity contribution in [3.63, 3.8) is 0 Å². The molecule has 8 nitrogen and oxygen atoms in total. The Morgan fingerprint density at radius 3 is 2.27 bits per heavy atom. The number of nitrogens with one attached hydrogen (secondary N) is 1. The number of anilines is 1. The maximum atomic E-state index is 12.8. The van der Waals surface area contributed by atoms with Crippen molar-refractivity contribution in [2.45, 2.75) is 34.1 Å². The van der Waals surface area contributed by atoms with Crippen molar-refractivity contribution >= 4 is 23.2 Å². The molecule has 1 amide bonds. The van der Waals surface area contributed by atoms with Crippen molar-refractivity contribution in [1.29, 1.82) is 0 Å². The van der Waals surface area contributed by atoms with Crippen LogP contribution in [0.25, 0.3) is 5.95 Å². The molecule has 0 atom stereocenters. The molecule has 158 valence electrons. The van der Waals surface area contributed by atoms with E-state index >= 15 is 0 Å². The highest BCUT2D eigenvalue weighted by Crippen LogP contribution is 2.36. The normalized spacial score (nSPS) is 10.8. The number of carbonyl (C=O) groups is 1. The van der Waals surface area contributed by atoms with Gasteiger partial charge in [0.1, 0.15) is 11.5 Å². The Kier molecular flexibility index (Phi) is 6.26. The highest BCUT2D eigenvalue weighted by atomic mass is 35.5. The lowest BCUT2D eigenvalue weighted by Gasteiger charge is -2.13. The van der Waals surface area contributed by atoms with Gasteiger partial charge in [0.2, 0.25) is 5.91 Å². The van der Waals surface area contributed by atoms with Crippen molar-refractivity contribution in [2.24, 2.45) is 0 Å². The van der Waals surface area contributed by atoms with E-state index in [-0.39, 0.29) is 12.3 Å². The van der Waals surface area contributed by atoms with Gasteiger partial charge in [0.25, 0.3) is 5.95 Å². The molecule has 1 aromatic carbocycles. The van der Waals surface area contributed by atoms with Crippen LogP contribution in [-0.4, -0.2) is 39.9 Å². The quantitative estimate of drug-likeness (QED) is 0.641. The molecule has 0 unspecified atom stereocenters. The minimum Gasteiger partial charge on any atom is -0.495 e. The molecule has 9 heteroatoms. The van der Waals surface area contributed by atoms with Gasteiger partial charge in [-0.25, -0.2) is 14.6 Å². The standard InChI is InChI=1S/C21H24ClN5O3/c1-11-7-12(2)24-21(23-11)27-14(4)15(13(3)26-27)8-20(28)25-17-10-18(29-5)16(22)9-19(17)30-6/h7,9-10H,8H2,1-6H3,(H,25,28). The monoisotopic (exact) mass is 429 g/mol. The Balaban J connectivity index is 1.87. The van der Waals surface area contributed by atoms with Gasteiger partial charge in [-0.1, -0.05) is 11.6 Å². The number of nitrogens with zero attached hydrogens (tertiary/aromatic N) is 4. The molecule has 3 rings (SSSR count). The fourth-order valence-corrected chi connectivity index (χ4v) is 3.47. The summed E-state index contributed by atoms with van der Waals surface area (Å²) in [5, 5.41) is 7.80. The Morgan fingerprint density at radius 1 is 1.03 bits per heavy atom. The molecule has 0 aliphatic heterocycles. The predicted octanol–water partition coefficient (Wildman–Crippen LogP) is 3.75. The fourth-order valence-electron chi connectivity index (χ4n) is 3.24. The molecular formula is C21H24ClN5O3. The molecule has 1 N–H and O–H groups in total. The number of hydrogen-bond acceptors (Lipinski definition) is 6. The van der Waals surface area contributed by atoms with Gasteiger partial charge in [-0.2, -0.15) is 5.10 Å². The molecule has 30 heavy (non-hydrogen) atoms. The number of methoxy groups -OCH3 is 2. The van der Waals surface area contributed by atoms with E-state index in [1.165, 1.54) is 14.2 Å². The number of halogens is 1. The summed E-state index contributed by atoms with van der Waals surface area (Å²) in [6, 6.07) is 5.13. The first kappa shape index (κ1) is 21.6. The molecule has 3 aromatic rings. The number of benzene rings is 1. The average Bonchev–Trinajstić information content (AvgIpc) is 2.96. The van der Waals surface area contributed by atoms with Gasteiger partial charge < -0.3 is 14.8 Å². The average molecular weight is 430 g/mol. The summed E-state index contributed by atoms with van der Waals surface area (Å²) < 4.78 is 12.2. The minimum absolute atomic E-state index is 0.135. The van der Waals surface area contributed by atoms with Crippen molar-refractivity contribution in [3.8, 4) is 17.4 Å². The van der Waals surface area contributed by atoms with Crippen LogP contribution in [0.2, 0.25) is 5.02 Å². The first-order chi connectivity index (χ1) is 14.2. The van der Waals surface area contributed by atoms with Gasteiger partial charge in [-0.3, -0.25) is 4.79 Å². The van der Waals surface area contributed by atoms with Gasteiger partial charge >= 0.3 is 0 Å². The van der Waals surface area contributed by atoms with E-state index < -0.39 is 0 Å². The van der Waals surface area contributed by atoms with Crippen molar-refractivity contribution in [2.75, 3.05) is 19.5 Å². The molecule has 0 aliphatic carbocycles. The van der Waals surface area contributed by atoms with E-state index in [2.05, 4.69) is 20.4 Å². The number of hydrogen-bond donors (Lipinski definition) is 1. The first-order valence-corrected chi connectivity index (χ1v) is 9.70. The number of ether oxygens (including phenoxy) is 2. The second-order valence-corrected chi connectivity index (χ2v) is 7.33. The topological polar surface area (TPSA) is 91.2 Å². The smallest absolute Gasteiger partial charge is 0.251 e. The molecular weight excluding hydrogens is 406 g/mol. The zero-order chi connectivity index (χ0) is 22.0. The molecule has 0 bridgehead atoms. The maximum absolute atomic E-state index is 12.8. The number of amides is 1. The van der Waals surface area contributed by atoms with Crippen LogP contribution in [0.3, 0.4) is 0 Å². The van der Waals surface area contributed by atoms with Gasteiger partial charge in [0, 0.05) is 34.8 Å². The lowest BCUT2D eigenvalue weighted by atomic mass is 10.1. The summed E-state index contributed by atoms with van der Waals surface area (Å²) in [5.74, 6) is 1.16. The van der Waals surface area contributed by atoms with Gasteiger partial charge in [-0.15, -0.1) is 0 Å². The van der Waals surface area contributed by atoms with E-state index in [9.17, 15) is 4.79 Å². The second-order valence-electron chi connectivity index (χ2n) is 6.92. The molecule has 2 heterocycles. The minimum atomic E-state index is -0.218. The maximum Gasteiger partial charge on any atom is 0.251 e. The third-order valence-electron chi connectivity index (χ3n) is 4.69. The lowest BCUT2D eigenvalue weighted by molar-refractivity contribution is -0.115. The SMILES string of the molecule is COc1cc(NC(=O)Cc2c(C)nn(-c3nc(C)cc(C)n3)c2C)c(OC)cc1Cl. The third-order valence-corrected chi connectivity index (χ3v) is 4.98. The molecule has 0 spiro atoms. The summed E-state index contributed by atoms with van der Waals surface area (Å²) >= 11 is 6.13. The Hall–Kier alpha value is -3.13. The summed E-state index contributed by atoms with van der Waals surface area (Å²) in [7, 11) is 3.02. The number of rotatable bonds is 6. The zero-order valence-corrected chi connectivity index (χ0v) is 18.6. The summed E-state index contributed by atoms with van der Waals surface area (Å²) in [6.07, 6.45) is 0.135. The molecule has 0 aliphatic rings. The van der Waals surface area contributed by atoms with Crippen LogP contribution in [0, 0.1) is 27.7 Å². The molecule has 0 saturated heterocycles. The lowest BCUT2D eigenvalue weighted by Crippen LogP contribution is -2.16. The summed E-state index contributed by atoms with van der Waals surface area (Å²) in [4.78, 5) is 21.7. The van der Waals surface area contributed by atoms with Crippen LogP contribution >= 0.6 is 11.6 Å². The number of aromatic nitrogens is 4. The summed E-state index contributed by atoms with van der Waals surface area (Å²) in [6.45, 7) is 7.58. The van der Waals surface area contributed by atoms with E-state index in [1.807, 2.05) is 33.8 Å². The second kappa shape index (κ2) is 8.71. The largest absolute Gasteiger partial charge is 0.495 e. The summed E-state index contributed by atoms with van der Waals surface area (Å²) in [5.41, 5.74) is 4.56. The van der Waals surface area contributed by atoms with E-state index in [0.717, 1.165) is 28.3 Å². The highest BCUT2D eigenvalue weighted by molar-refractivity contribution is 6.32. The van der Waals surface area contributed by atoms with Crippen molar-refractivity contribution < 1.29 is 14.3 Å².